The Labute approximate surface area is 344 Å². The van der Waals surface area contributed by atoms with Gasteiger partial charge in [-0.3, -0.25) is 0 Å². The molecule has 4 aliphatic heterocycles. The van der Waals surface area contributed by atoms with E-state index < -0.39 is 0 Å². The van der Waals surface area contributed by atoms with E-state index in [-0.39, 0.29) is 11.5 Å². The molecule has 4 heteroatoms. The lowest BCUT2D eigenvalue weighted by Crippen LogP contribution is -2.79. The second-order valence-corrected chi connectivity index (χ2v) is 19.3. The first-order valence-electron chi connectivity index (χ1n) is 22.3. The van der Waals surface area contributed by atoms with Crippen molar-refractivity contribution in [2.24, 2.45) is 0 Å². The zero-order valence-corrected chi connectivity index (χ0v) is 37.3. The van der Waals surface area contributed by atoms with E-state index in [2.05, 4.69) is 203 Å². The molecule has 1 aromatic heterocycles. The van der Waals surface area contributed by atoms with Gasteiger partial charge in [0, 0.05) is 40.7 Å². The second kappa shape index (κ2) is 14.2. The number of fused-ring (bicyclic) bond motifs is 3. The number of rotatable bonds is 11. The predicted molar refractivity (Wildman–Crippen MR) is 242 cm³/mol. The molecule has 5 heterocycles. The summed E-state index contributed by atoms with van der Waals surface area (Å²) < 4.78 is 7.09. The number of hydrogen-bond donors (Lipinski definition) is 0. The third kappa shape index (κ3) is 5.56. The highest BCUT2D eigenvalue weighted by molar-refractivity contribution is 5.72. The maximum Gasteiger partial charge on any atom is 0.294 e. The van der Waals surface area contributed by atoms with Gasteiger partial charge in [0.1, 0.15) is 24.1 Å². The highest BCUT2D eigenvalue weighted by atomic mass is 15.8. The van der Waals surface area contributed by atoms with Gasteiger partial charge < -0.3 is 0 Å². The molecule has 4 aliphatic rings. The Bertz CT molecular complexity index is 2290. The van der Waals surface area contributed by atoms with Crippen molar-refractivity contribution < 1.29 is 4.57 Å². The molecule has 2 bridgehead atoms. The largest absolute Gasteiger partial charge is 0.294 e. The first-order chi connectivity index (χ1) is 27.2. The maximum absolute atomic E-state index is 2.70. The lowest BCUT2D eigenvalue weighted by atomic mass is 9.64. The van der Waals surface area contributed by atoms with Crippen LogP contribution >= 0.6 is 0 Å². The van der Waals surface area contributed by atoms with Gasteiger partial charge in [-0.1, -0.05) is 144 Å². The molecule has 57 heavy (non-hydrogen) atoms. The molecule has 9 rings (SSSR count). The van der Waals surface area contributed by atoms with E-state index >= 15 is 0 Å². The summed E-state index contributed by atoms with van der Waals surface area (Å²) >= 11 is 0. The van der Waals surface area contributed by atoms with Crippen LogP contribution in [0.1, 0.15) is 177 Å². The molecule has 4 atom stereocenters. The van der Waals surface area contributed by atoms with Crippen LogP contribution in [0.2, 0.25) is 0 Å². The van der Waals surface area contributed by atoms with Gasteiger partial charge in [-0.05, 0) is 65.7 Å². The van der Waals surface area contributed by atoms with E-state index in [0.717, 1.165) is 28.5 Å². The fraction of sp³-hybridized carbons (Fsp3) is 0.453. The Balaban J connectivity index is 1.36. The molecule has 1 saturated heterocycles. The molecule has 0 amide bonds. The minimum atomic E-state index is -0.0866. The van der Waals surface area contributed by atoms with Gasteiger partial charge in [0.2, 0.25) is 12.8 Å². The molecular weight excluding hydrogens is 693 g/mol. The van der Waals surface area contributed by atoms with E-state index in [1.165, 1.54) is 67.4 Å². The zero-order chi connectivity index (χ0) is 40.8. The van der Waals surface area contributed by atoms with E-state index in [1.807, 2.05) is 0 Å². The summed E-state index contributed by atoms with van der Waals surface area (Å²) in [7, 11) is 0. The topological polar surface area (TPSA) is 8.81 Å². The van der Waals surface area contributed by atoms with Crippen molar-refractivity contribution in [2.45, 2.75) is 150 Å². The highest BCUT2D eigenvalue weighted by Gasteiger charge is 2.71. The summed E-state index contributed by atoms with van der Waals surface area (Å²) in [5, 5.41) is 0. The Morgan fingerprint density at radius 1 is 0.667 bits per heavy atom. The average molecular weight is 762 g/mol. The lowest BCUT2D eigenvalue weighted by molar-refractivity contribution is -0.714. The van der Waals surface area contributed by atoms with Crippen LogP contribution < -0.4 is 13.5 Å². The average Bonchev–Trinajstić information content (AvgIpc) is 3.91. The standard InChI is InChI=1S/C53H69N4/c1-14-53(15-2)47-25-18-16-21-43(47)52-54(49-45(37(9)10)31-40(34(3)4)32-46(49)38(11)12)27-28-55(52)51(53)44-22-17-19-26-48(44)56-29-30-57(33-56,39(56)13)50-41(35(5)6)23-20-24-42(50)36(7)8/h16-32,34-39,51H,14-15,33H2,1-13H3/q+3. The van der Waals surface area contributed by atoms with Gasteiger partial charge in [-0.2, -0.15) is 13.5 Å². The Hall–Kier alpha value is -4.25. The minimum Gasteiger partial charge on any atom is -0.222 e. The number of imidazole rings is 1. The number of quaternary nitrogens is 2. The van der Waals surface area contributed by atoms with E-state index in [1.54, 1.807) is 0 Å². The summed E-state index contributed by atoms with van der Waals surface area (Å²) in [6, 6.07) is 31.2. The van der Waals surface area contributed by atoms with Crippen molar-refractivity contribution in [1.82, 2.24) is 13.5 Å². The Kier molecular flexibility index (Phi) is 9.88. The van der Waals surface area contributed by atoms with Gasteiger partial charge >= 0.3 is 0 Å². The molecule has 4 nitrogen and oxygen atoms in total. The molecule has 1 fully saturated rings. The SMILES string of the molecule is CCC1(CC)c2ccccc2-c2n(-c3c(C(C)C)cc(C(C)C)cc3C(C)C)cc[n+]2C1c1ccccc1[N+]12C=C[N+](c3c(C(C)C)cccc3C(C)C)(C1)C2C. The van der Waals surface area contributed by atoms with E-state index in [0.29, 0.717) is 35.8 Å². The molecule has 0 saturated carbocycles. The smallest absolute Gasteiger partial charge is 0.222 e. The van der Waals surface area contributed by atoms with Gasteiger partial charge in [0.15, 0.2) is 23.8 Å². The van der Waals surface area contributed by atoms with Crippen LogP contribution in [-0.2, 0) is 5.41 Å². The van der Waals surface area contributed by atoms with Crippen LogP contribution in [0.5, 0.6) is 0 Å². The van der Waals surface area contributed by atoms with Crippen molar-refractivity contribution in [2.75, 3.05) is 6.67 Å². The monoisotopic (exact) mass is 762 g/mol. The first-order valence-corrected chi connectivity index (χ1v) is 22.3. The van der Waals surface area contributed by atoms with Gasteiger partial charge in [-0.15, -0.1) is 0 Å². The van der Waals surface area contributed by atoms with Crippen molar-refractivity contribution in [1.29, 1.82) is 0 Å². The van der Waals surface area contributed by atoms with Crippen LogP contribution in [0.15, 0.2) is 104 Å². The van der Waals surface area contributed by atoms with Crippen LogP contribution in [-0.4, -0.2) is 17.4 Å². The molecule has 4 aromatic carbocycles. The molecule has 298 valence electrons. The molecule has 4 unspecified atom stereocenters. The molecule has 5 aromatic rings. The molecule has 0 aliphatic carbocycles. The van der Waals surface area contributed by atoms with Crippen LogP contribution in [0.3, 0.4) is 0 Å². The minimum absolute atomic E-state index is 0.0866. The van der Waals surface area contributed by atoms with Crippen molar-refractivity contribution in [3.05, 3.63) is 143 Å². The number of benzene rings is 4. The summed E-state index contributed by atoms with van der Waals surface area (Å²) in [6.07, 6.45) is 12.4. The van der Waals surface area contributed by atoms with Crippen molar-refractivity contribution >= 4 is 11.4 Å². The molecule has 0 N–H and O–H groups in total. The summed E-state index contributed by atoms with van der Waals surface area (Å²) in [5.74, 6) is 3.49. The van der Waals surface area contributed by atoms with Gasteiger partial charge in [-0.25, -0.2) is 4.57 Å². The number of aromatic nitrogens is 2. The van der Waals surface area contributed by atoms with Crippen molar-refractivity contribution in [3.8, 4) is 17.1 Å². The summed E-state index contributed by atoms with van der Waals surface area (Å²) in [4.78, 5) is 0. The Morgan fingerprint density at radius 2 is 1.23 bits per heavy atom. The summed E-state index contributed by atoms with van der Waals surface area (Å²) in [6.45, 7) is 32.0. The highest BCUT2D eigenvalue weighted by Crippen LogP contribution is 2.58. The fourth-order valence-corrected chi connectivity index (χ4v) is 11.5. The third-order valence-electron chi connectivity index (χ3n) is 14.8. The summed E-state index contributed by atoms with van der Waals surface area (Å²) in [5.41, 5.74) is 15.9. The number of para-hydroxylation sites is 2. The number of hydrogen-bond acceptors (Lipinski definition) is 0. The normalized spacial score (nSPS) is 23.2. The van der Waals surface area contributed by atoms with Gasteiger partial charge in [0.25, 0.3) is 5.82 Å². The molecule has 0 spiro atoms. The predicted octanol–water partition coefficient (Wildman–Crippen LogP) is 13.8. The van der Waals surface area contributed by atoms with Gasteiger partial charge in [0.05, 0.1) is 11.1 Å². The first kappa shape index (κ1) is 39.6. The van der Waals surface area contributed by atoms with E-state index in [4.69, 9.17) is 0 Å². The lowest BCUT2D eigenvalue weighted by Gasteiger charge is -2.54. The molecule has 0 radical (unpaired) electrons. The fourth-order valence-electron chi connectivity index (χ4n) is 11.5. The van der Waals surface area contributed by atoms with Crippen LogP contribution in [0, 0.1) is 0 Å². The number of nitrogens with zero attached hydrogens (tertiary/aromatic N) is 4. The van der Waals surface area contributed by atoms with Crippen LogP contribution in [0.4, 0.5) is 11.4 Å². The second-order valence-electron chi connectivity index (χ2n) is 19.3. The van der Waals surface area contributed by atoms with Crippen molar-refractivity contribution in [3.63, 3.8) is 0 Å². The Morgan fingerprint density at radius 3 is 1.79 bits per heavy atom. The quantitative estimate of drug-likeness (QED) is 0.0936. The molecular formula is C53H69N4+3. The maximum atomic E-state index is 2.70. The van der Waals surface area contributed by atoms with Crippen LogP contribution in [0.25, 0.3) is 17.1 Å². The van der Waals surface area contributed by atoms with E-state index in [9.17, 15) is 0 Å². The third-order valence-corrected chi connectivity index (χ3v) is 14.8. The zero-order valence-electron chi connectivity index (χ0n) is 37.3.